The highest BCUT2D eigenvalue weighted by Crippen LogP contribution is 2.38. The molecule has 5 heteroatoms. The van der Waals surface area contributed by atoms with Crippen molar-refractivity contribution in [3.63, 3.8) is 0 Å². The zero-order chi connectivity index (χ0) is 12.5. The highest BCUT2D eigenvalue weighted by molar-refractivity contribution is 5.68. The molecule has 0 bridgehead atoms. The van der Waals surface area contributed by atoms with Gasteiger partial charge in [-0.15, -0.1) is 0 Å². The van der Waals surface area contributed by atoms with Gasteiger partial charge in [-0.25, -0.2) is 0 Å². The van der Waals surface area contributed by atoms with Crippen LogP contribution in [0.3, 0.4) is 0 Å². The number of nitrogens with zero attached hydrogens (tertiary/aromatic N) is 1. The molecule has 2 aromatic rings. The molecule has 0 radical (unpaired) electrons. The third kappa shape index (κ3) is 2.38. The van der Waals surface area contributed by atoms with Gasteiger partial charge in [-0.3, -0.25) is 4.98 Å². The van der Waals surface area contributed by atoms with Gasteiger partial charge in [0.2, 0.25) is 0 Å². The topological polar surface area (TPSA) is 33.1 Å². The van der Waals surface area contributed by atoms with Crippen molar-refractivity contribution < 1.29 is 18.3 Å². The highest BCUT2D eigenvalue weighted by atomic mass is 19.4. The summed E-state index contributed by atoms with van der Waals surface area (Å²) < 4.78 is 38.3. The van der Waals surface area contributed by atoms with E-state index < -0.39 is 17.5 Å². The van der Waals surface area contributed by atoms with E-state index in [2.05, 4.69) is 4.98 Å². The van der Waals surface area contributed by atoms with Gasteiger partial charge in [0.05, 0.1) is 5.56 Å². The molecule has 0 aliphatic carbocycles. The van der Waals surface area contributed by atoms with E-state index in [9.17, 15) is 13.2 Å². The molecule has 1 N–H and O–H groups in total. The summed E-state index contributed by atoms with van der Waals surface area (Å²) in [5.74, 6) is -0.412. The van der Waals surface area contributed by atoms with Crippen molar-refractivity contribution in [3.05, 3.63) is 48.3 Å². The molecule has 2 nitrogen and oxygen atoms in total. The Hall–Kier alpha value is -2.04. The second kappa shape index (κ2) is 4.08. The minimum absolute atomic E-state index is 0.00315. The molecule has 0 saturated heterocycles. The molecular weight excluding hydrogens is 231 g/mol. The van der Waals surface area contributed by atoms with E-state index in [4.69, 9.17) is 5.11 Å². The zero-order valence-electron chi connectivity index (χ0n) is 8.57. The second-order valence-corrected chi connectivity index (χ2v) is 3.47. The van der Waals surface area contributed by atoms with E-state index in [1.807, 2.05) is 0 Å². The summed E-state index contributed by atoms with van der Waals surface area (Å²) in [6.07, 6.45) is -1.68. The quantitative estimate of drug-likeness (QED) is 0.826. The first-order valence-corrected chi connectivity index (χ1v) is 4.79. The number of alkyl halides is 3. The maximum Gasteiger partial charge on any atom is 0.417 e. The zero-order valence-corrected chi connectivity index (χ0v) is 8.57. The number of hydrogen-bond acceptors (Lipinski definition) is 2. The largest absolute Gasteiger partial charge is 0.508 e. The predicted molar refractivity (Wildman–Crippen MR) is 56.3 cm³/mol. The smallest absolute Gasteiger partial charge is 0.417 e. The van der Waals surface area contributed by atoms with Crippen LogP contribution in [0.5, 0.6) is 5.75 Å². The minimum atomic E-state index is -4.51. The fourth-order valence-corrected chi connectivity index (χ4v) is 1.54. The van der Waals surface area contributed by atoms with E-state index in [0.717, 1.165) is 0 Å². The number of aromatic hydroxyl groups is 1. The van der Waals surface area contributed by atoms with E-state index in [-0.39, 0.29) is 5.56 Å². The van der Waals surface area contributed by atoms with Gasteiger partial charge in [-0.2, -0.15) is 13.2 Å². The van der Waals surface area contributed by atoms with Gasteiger partial charge in [0.1, 0.15) is 5.75 Å². The molecule has 1 aromatic carbocycles. The summed E-state index contributed by atoms with van der Waals surface area (Å²) in [6, 6.07) is 6.26. The number of hydrogen-bond donors (Lipinski definition) is 1. The molecule has 0 amide bonds. The van der Waals surface area contributed by atoms with Crippen LogP contribution in [0.25, 0.3) is 11.1 Å². The van der Waals surface area contributed by atoms with E-state index in [1.165, 1.54) is 30.6 Å². The first-order valence-electron chi connectivity index (χ1n) is 4.79. The summed E-state index contributed by atoms with van der Waals surface area (Å²) in [4.78, 5) is 3.78. The molecule has 0 fully saturated rings. The fourth-order valence-electron chi connectivity index (χ4n) is 1.54. The Morgan fingerprint density at radius 1 is 1.12 bits per heavy atom. The van der Waals surface area contributed by atoms with Crippen LogP contribution in [0.15, 0.2) is 42.7 Å². The number of rotatable bonds is 1. The van der Waals surface area contributed by atoms with Crippen LogP contribution in [0.4, 0.5) is 13.2 Å². The van der Waals surface area contributed by atoms with E-state index in [1.54, 1.807) is 6.07 Å². The monoisotopic (exact) mass is 239 g/mol. The molecule has 0 spiro atoms. The SMILES string of the molecule is Oc1ccc(-c2cccnc2)c(C(F)(F)F)c1. The van der Waals surface area contributed by atoms with Gasteiger partial charge < -0.3 is 5.11 Å². The summed E-state index contributed by atoms with van der Waals surface area (Å²) in [5, 5.41) is 9.13. The normalized spacial score (nSPS) is 11.5. The van der Waals surface area contributed by atoms with Gasteiger partial charge in [0.15, 0.2) is 0 Å². The molecule has 0 aliphatic rings. The molecule has 17 heavy (non-hydrogen) atoms. The van der Waals surface area contributed by atoms with Gasteiger partial charge in [-0.05, 0) is 23.8 Å². The van der Waals surface area contributed by atoms with Crippen molar-refractivity contribution in [2.45, 2.75) is 6.18 Å². The summed E-state index contributed by atoms with van der Waals surface area (Å²) in [6.45, 7) is 0. The van der Waals surface area contributed by atoms with Crippen LogP contribution in [-0.4, -0.2) is 10.1 Å². The van der Waals surface area contributed by atoms with Crippen molar-refractivity contribution >= 4 is 0 Å². The van der Waals surface area contributed by atoms with Crippen molar-refractivity contribution in [1.29, 1.82) is 0 Å². The number of halogens is 3. The third-order valence-corrected chi connectivity index (χ3v) is 2.28. The number of benzene rings is 1. The van der Waals surface area contributed by atoms with E-state index in [0.29, 0.717) is 11.6 Å². The molecular formula is C12H8F3NO. The van der Waals surface area contributed by atoms with Gasteiger partial charge in [0, 0.05) is 18.0 Å². The van der Waals surface area contributed by atoms with Crippen LogP contribution < -0.4 is 0 Å². The average Bonchev–Trinajstić information content (AvgIpc) is 2.29. The lowest BCUT2D eigenvalue weighted by molar-refractivity contribution is -0.137. The van der Waals surface area contributed by atoms with Crippen molar-refractivity contribution in [1.82, 2.24) is 4.98 Å². The Kier molecular flexibility index (Phi) is 2.75. The lowest BCUT2D eigenvalue weighted by Crippen LogP contribution is -2.07. The Bertz CT molecular complexity index is 523. The Labute approximate surface area is 95.4 Å². The first-order chi connectivity index (χ1) is 7.98. The number of pyridine rings is 1. The van der Waals surface area contributed by atoms with E-state index >= 15 is 0 Å². The standard InChI is InChI=1S/C12H8F3NO/c13-12(14,15)11-6-9(17)3-4-10(11)8-2-1-5-16-7-8/h1-7,17H. The molecule has 2 rings (SSSR count). The molecule has 0 atom stereocenters. The Morgan fingerprint density at radius 3 is 2.47 bits per heavy atom. The second-order valence-electron chi connectivity index (χ2n) is 3.47. The van der Waals surface area contributed by atoms with Gasteiger partial charge >= 0.3 is 6.18 Å². The summed E-state index contributed by atoms with van der Waals surface area (Å²) in [7, 11) is 0. The van der Waals surface area contributed by atoms with Crippen LogP contribution >= 0.6 is 0 Å². The molecule has 88 valence electrons. The molecule has 1 heterocycles. The lowest BCUT2D eigenvalue weighted by atomic mass is 10.0. The van der Waals surface area contributed by atoms with Gasteiger partial charge in [-0.1, -0.05) is 12.1 Å². The molecule has 1 aromatic heterocycles. The fraction of sp³-hybridized carbons (Fsp3) is 0.0833. The number of phenolic OH excluding ortho intramolecular Hbond substituents is 1. The summed E-state index contributed by atoms with van der Waals surface area (Å²) >= 11 is 0. The maximum atomic E-state index is 12.8. The average molecular weight is 239 g/mol. The lowest BCUT2D eigenvalue weighted by Gasteiger charge is -2.12. The first kappa shape index (κ1) is 11.4. The van der Waals surface area contributed by atoms with Crippen LogP contribution in [0, 0.1) is 0 Å². The predicted octanol–water partition coefficient (Wildman–Crippen LogP) is 3.47. The number of phenols is 1. The molecule has 0 unspecified atom stereocenters. The summed E-state index contributed by atoms with van der Waals surface area (Å²) in [5.41, 5.74) is -0.506. The Balaban J connectivity index is 2.63. The van der Waals surface area contributed by atoms with Crippen molar-refractivity contribution in [3.8, 4) is 16.9 Å². The number of aromatic nitrogens is 1. The molecule has 0 saturated carbocycles. The van der Waals surface area contributed by atoms with Crippen LogP contribution in [0.1, 0.15) is 5.56 Å². The van der Waals surface area contributed by atoms with Crippen LogP contribution in [0.2, 0.25) is 0 Å². The van der Waals surface area contributed by atoms with Crippen molar-refractivity contribution in [2.24, 2.45) is 0 Å². The maximum absolute atomic E-state index is 12.8. The molecule has 0 aliphatic heterocycles. The highest BCUT2D eigenvalue weighted by Gasteiger charge is 2.34. The Morgan fingerprint density at radius 2 is 1.88 bits per heavy atom. The minimum Gasteiger partial charge on any atom is -0.508 e. The van der Waals surface area contributed by atoms with Crippen LogP contribution in [-0.2, 0) is 6.18 Å². The van der Waals surface area contributed by atoms with Crippen molar-refractivity contribution in [2.75, 3.05) is 0 Å². The third-order valence-electron chi connectivity index (χ3n) is 2.28. The van der Waals surface area contributed by atoms with Gasteiger partial charge in [0.25, 0.3) is 0 Å².